The molecule has 0 spiro atoms. The van der Waals surface area contributed by atoms with Crippen molar-refractivity contribution in [2.24, 2.45) is 5.73 Å². The molecule has 0 aliphatic heterocycles. The summed E-state index contributed by atoms with van der Waals surface area (Å²) in [5, 5.41) is 4.66. The number of halogens is 2. The second kappa shape index (κ2) is 6.17. The van der Waals surface area contributed by atoms with Gasteiger partial charge in [0.1, 0.15) is 5.82 Å². The Kier molecular flexibility index (Phi) is 4.56. The second-order valence-electron chi connectivity index (χ2n) is 4.53. The van der Waals surface area contributed by atoms with E-state index in [1.165, 1.54) is 12.1 Å². The molecule has 0 aliphatic carbocycles. The number of rotatable bonds is 5. The fraction of sp³-hybridized carbons (Fsp3) is 0.357. The van der Waals surface area contributed by atoms with Gasteiger partial charge < -0.3 is 5.73 Å². The third-order valence-corrected chi connectivity index (χ3v) is 3.37. The quantitative estimate of drug-likeness (QED) is 0.913. The molecule has 0 bridgehead atoms. The summed E-state index contributed by atoms with van der Waals surface area (Å²) in [6.45, 7) is 2.93. The first-order valence-corrected chi connectivity index (χ1v) is 6.70. The smallest absolute Gasteiger partial charge is 0.124 e. The van der Waals surface area contributed by atoms with Gasteiger partial charge in [-0.05, 0) is 36.6 Å². The minimum Gasteiger partial charge on any atom is -0.322 e. The van der Waals surface area contributed by atoms with E-state index < -0.39 is 0 Å². The van der Waals surface area contributed by atoms with Gasteiger partial charge in [-0.15, -0.1) is 0 Å². The van der Waals surface area contributed by atoms with Crippen molar-refractivity contribution in [2.45, 2.75) is 32.4 Å². The van der Waals surface area contributed by atoms with Crippen LogP contribution in [0.25, 0.3) is 0 Å². The number of aryl methyl sites for hydroxylation is 1. The van der Waals surface area contributed by atoms with Crippen molar-refractivity contribution in [2.75, 3.05) is 0 Å². The van der Waals surface area contributed by atoms with Gasteiger partial charge in [0.05, 0.1) is 11.7 Å². The molecule has 0 aliphatic rings. The number of hydrogen-bond acceptors (Lipinski definition) is 2. The van der Waals surface area contributed by atoms with Crippen LogP contribution in [0.2, 0.25) is 5.02 Å². The molecule has 1 aromatic heterocycles. The zero-order chi connectivity index (χ0) is 13.8. The second-order valence-corrected chi connectivity index (χ2v) is 4.93. The number of hydrogen-bond donors (Lipinski definition) is 1. The number of benzene rings is 1. The molecule has 1 unspecified atom stereocenters. The molecule has 1 atom stereocenters. The summed E-state index contributed by atoms with van der Waals surface area (Å²) in [7, 11) is 0. The Morgan fingerprint density at radius 3 is 2.89 bits per heavy atom. The van der Waals surface area contributed by atoms with Gasteiger partial charge in [-0.1, -0.05) is 24.6 Å². The molecule has 1 heterocycles. The van der Waals surface area contributed by atoms with Crippen molar-refractivity contribution in [3.05, 3.63) is 52.6 Å². The van der Waals surface area contributed by atoms with Crippen LogP contribution in [0.3, 0.4) is 0 Å². The maximum atomic E-state index is 13.0. The molecular formula is C14H17ClFN3. The summed E-state index contributed by atoms with van der Waals surface area (Å²) in [6.07, 6.45) is 3.31. The van der Waals surface area contributed by atoms with E-state index in [0.717, 1.165) is 24.2 Å². The molecule has 19 heavy (non-hydrogen) atoms. The van der Waals surface area contributed by atoms with Crippen molar-refractivity contribution < 1.29 is 4.39 Å². The molecule has 0 saturated carbocycles. The van der Waals surface area contributed by atoms with Gasteiger partial charge in [-0.3, -0.25) is 4.68 Å². The molecule has 0 amide bonds. The van der Waals surface area contributed by atoms with Gasteiger partial charge in [0.25, 0.3) is 0 Å². The lowest BCUT2D eigenvalue weighted by molar-refractivity contribution is 0.537. The molecule has 1 aromatic carbocycles. The van der Waals surface area contributed by atoms with Crippen LogP contribution in [-0.2, 0) is 13.0 Å². The standard InChI is InChI=1S/C14H17ClFN3/c1-2-7-19-14(5-6-18-19)13(17)8-10-3-4-11(16)9-12(10)15/h3-6,9,13H,2,7-8,17H2,1H3. The van der Waals surface area contributed by atoms with E-state index >= 15 is 0 Å². The van der Waals surface area contributed by atoms with Crippen molar-refractivity contribution >= 4 is 11.6 Å². The Bertz CT molecular complexity index is 553. The predicted molar refractivity (Wildman–Crippen MR) is 74.6 cm³/mol. The molecule has 0 saturated heterocycles. The van der Waals surface area contributed by atoms with Crippen LogP contribution in [0.1, 0.15) is 30.6 Å². The fourth-order valence-electron chi connectivity index (χ4n) is 2.09. The van der Waals surface area contributed by atoms with Crippen LogP contribution in [0.15, 0.2) is 30.5 Å². The number of nitrogens with zero attached hydrogens (tertiary/aromatic N) is 2. The first-order chi connectivity index (χ1) is 9.11. The minimum absolute atomic E-state index is 0.197. The highest BCUT2D eigenvalue weighted by Crippen LogP contribution is 2.23. The van der Waals surface area contributed by atoms with Crippen LogP contribution in [-0.4, -0.2) is 9.78 Å². The summed E-state index contributed by atoms with van der Waals surface area (Å²) >= 11 is 6.02. The highest BCUT2D eigenvalue weighted by molar-refractivity contribution is 6.31. The van der Waals surface area contributed by atoms with Crippen molar-refractivity contribution in [1.29, 1.82) is 0 Å². The summed E-state index contributed by atoms with van der Waals surface area (Å²) in [5.41, 5.74) is 8.02. The maximum Gasteiger partial charge on any atom is 0.124 e. The molecule has 2 aromatic rings. The lowest BCUT2D eigenvalue weighted by Crippen LogP contribution is -2.18. The monoisotopic (exact) mass is 281 g/mol. The Labute approximate surface area is 117 Å². The normalized spacial score (nSPS) is 12.6. The Morgan fingerprint density at radius 1 is 1.42 bits per heavy atom. The van der Waals surface area contributed by atoms with E-state index in [0.29, 0.717) is 11.4 Å². The largest absolute Gasteiger partial charge is 0.322 e. The zero-order valence-electron chi connectivity index (χ0n) is 10.8. The van der Waals surface area contributed by atoms with Crippen LogP contribution in [0, 0.1) is 5.82 Å². The fourth-order valence-corrected chi connectivity index (χ4v) is 2.33. The van der Waals surface area contributed by atoms with Gasteiger partial charge in [-0.2, -0.15) is 5.10 Å². The zero-order valence-corrected chi connectivity index (χ0v) is 11.6. The molecular weight excluding hydrogens is 265 g/mol. The average molecular weight is 282 g/mol. The van der Waals surface area contributed by atoms with Gasteiger partial charge in [-0.25, -0.2) is 4.39 Å². The number of nitrogens with two attached hydrogens (primary N) is 1. The molecule has 102 valence electrons. The first kappa shape index (κ1) is 14.0. The van der Waals surface area contributed by atoms with Crippen molar-refractivity contribution in [3.8, 4) is 0 Å². The average Bonchev–Trinajstić information content (AvgIpc) is 2.81. The Balaban J connectivity index is 2.16. The highest BCUT2D eigenvalue weighted by atomic mass is 35.5. The molecule has 5 heteroatoms. The van der Waals surface area contributed by atoms with Crippen LogP contribution >= 0.6 is 11.6 Å². The van der Waals surface area contributed by atoms with Gasteiger partial charge >= 0.3 is 0 Å². The first-order valence-electron chi connectivity index (χ1n) is 6.33. The summed E-state index contributed by atoms with van der Waals surface area (Å²) < 4.78 is 14.9. The van der Waals surface area contributed by atoms with Crippen molar-refractivity contribution in [3.63, 3.8) is 0 Å². The Hall–Kier alpha value is -1.39. The topological polar surface area (TPSA) is 43.8 Å². The van der Waals surface area contributed by atoms with Gasteiger partial charge in [0.2, 0.25) is 0 Å². The van der Waals surface area contributed by atoms with E-state index in [2.05, 4.69) is 12.0 Å². The molecule has 0 radical (unpaired) electrons. The molecule has 0 fully saturated rings. The van der Waals surface area contributed by atoms with Crippen molar-refractivity contribution in [1.82, 2.24) is 9.78 Å². The lowest BCUT2D eigenvalue weighted by Gasteiger charge is -2.15. The minimum atomic E-state index is -0.335. The van der Waals surface area contributed by atoms with E-state index in [9.17, 15) is 4.39 Å². The predicted octanol–water partition coefficient (Wildman–Crippen LogP) is 3.33. The number of aromatic nitrogens is 2. The summed E-state index contributed by atoms with van der Waals surface area (Å²) in [6, 6.07) is 6.11. The molecule has 2 N–H and O–H groups in total. The third kappa shape index (κ3) is 3.33. The lowest BCUT2D eigenvalue weighted by atomic mass is 10.0. The molecule has 3 nitrogen and oxygen atoms in total. The SMILES string of the molecule is CCCn1nccc1C(N)Cc1ccc(F)cc1Cl. The van der Waals surface area contributed by atoms with E-state index in [4.69, 9.17) is 17.3 Å². The van der Waals surface area contributed by atoms with E-state index in [1.54, 1.807) is 12.3 Å². The third-order valence-electron chi connectivity index (χ3n) is 3.02. The summed E-state index contributed by atoms with van der Waals surface area (Å²) in [4.78, 5) is 0. The Morgan fingerprint density at radius 2 is 2.21 bits per heavy atom. The molecule has 2 rings (SSSR count). The van der Waals surface area contributed by atoms with Crippen LogP contribution < -0.4 is 5.73 Å². The van der Waals surface area contributed by atoms with Gasteiger partial charge in [0.15, 0.2) is 0 Å². The maximum absolute atomic E-state index is 13.0. The summed E-state index contributed by atoms with van der Waals surface area (Å²) in [5.74, 6) is -0.335. The van der Waals surface area contributed by atoms with E-state index in [-0.39, 0.29) is 11.9 Å². The van der Waals surface area contributed by atoms with E-state index in [1.807, 2.05) is 10.7 Å². The van der Waals surface area contributed by atoms with Crippen LogP contribution in [0.5, 0.6) is 0 Å². The van der Waals surface area contributed by atoms with Gasteiger partial charge in [0, 0.05) is 17.8 Å². The highest BCUT2D eigenvalue weighted by Gasteiger charge is 2.14. The van der Waals surface area contributed by atoms with Crippen LogP contribution in [0.4, 0.5) is 4.39 Å².